The zero-order valence-electron chi connectivity index (χ0n) is 16.2. The van der Waals surface area contributed by atoms with Gasteiger partial charge in [-0.15, -0.1) is 0 Å². The quantitative estimate of drug-likeness (QED) is 0.847. The van der Waals surface area contributed by atoms with Crippen LogP contribution in [0, 0.1) is 20.8 Å². The lowest BCUT2D eigenvalue weighted by Gasteiger charge is -2.23. The molecule has 0 radical (unpaired) electrons. The summed E-state index contributed by atoms with van der Waals surface area (Å²) in [6.07, 6.45) is 5.71. The van der Waals surface area contributed by atoms with E-state index in [1.54, 1.807) is 0 Å². The lowest BCUT2D eigenvalue weighted by atomic mass is 9.98. The molecule has 26 heavy (non-hydrogen) atoms. The Kier molecular flexibility index (Phi) is 4.37. The van der Waals surface area contributed by atoms with Crippen molar-refractivity contribution in [3.05, 3.63) is 34.2 Å². The van der Waals surface area contributed by atoms with Gasteiger partial charge in [-0.2, -0.15) is 0 Å². The van der Waals surface area contributed by atoms with Crippen LogP contribution in [-0.2, 0) is 17.6 Å². The topological polar surface area (TPSA) is 64.2 Å². The second kappa shape index (κ2) is 6.56. The summed E-state index contributed by atoms with van der Waals surface area (Å²) in [4.78, 5) is 19.9. The van der Waals surface area contributed by atoms with Crippen molar-refractivity contribution in [2.45, 2.75) is 71.8 Å². The normalized spacial score (nSPS) is 21.1. The number of carbonyl (C=O) groups is 1. The Bertz CT molecular complexity index is 816. The van der Waals surface area contributed by atoms with Crippen molar-refractivity contribution in [1.82, 2.24) is 19.6 Å². The molecule has 140 valence electrons. The molecule has 0 saturated carbocycles. The van der Waals surface area contributed by atoms with Gasteiger partial charge in [0.2, 0.25) is 5.91 Å². The Labute approximate surface area is 154 Å². The van der Waals surface area contributed by atoms with Crippen LogP contribution in [-0.4, -0.2) is 38.6 Å². The van der Waals surface area contributed by atoms with Crippen LogP contribution in [0.3, 0.4) is 0 Å². The minimum absolute atomic E-state index is 0.175. The molecule has 1 amide bonds. The van der Waals surface area contributed by atoms with Crippen LogP contribution < -0.4 is 0 Å². The minimum Gasteiger partial charge on any atom is -0.361 e. The molecule has 0 aromatic carbocycles. The number of imidazole rings is 1. The van der Waals surface area contributed by atoms with E-state index in [9.17, 15) is 4.79 Å². The smallest absolute Gasteiger partial charge is 0.230 e. The van der Waals surface area contributed by atoms with Crippen LogP contribution in [0.25, 0.3) is 0 Å². The summed E-state index contributed by atoms with van der Waals surface area (Å²) in [7, 11) is 0. The van der Waals surface area contributed by atoms with Gasteiger partial charge in [-0.05, 0) is 59.8 Å². The van der Waals surface area contributed by atoms with Crippen molar-refractivity contribution in [1.29, 1.82) is 0 Å². The van der Waals surface area contributed by atoms with Gasteiger partial charge in [0, 0.05) is 24.3 Å². The molecule has 0 spiro atoms. The SMILES string of the molecule is Cc1noc(C)c1[C@@H](C)C(=O)N1CC[C@@H](n2c(C)nc3c2CCCC3)C1. The summed E-state index contributed by atoms with van der Waals surface area (Å²) in [5.74, 6) is 1.82. The Balaban J connectivity index is 1.52. The van der Waals surface area contributed by atoms with Crippen molar-refractivity contribution in [3.63, 3.8) is 0 Å². The Morgan fingerprint density at radius 3 is 2.73 bits per heavy atom. The van der Waals surface area contributed by atoms with Gasteiger partial charge in [-0.25, -0.2) is 4.98 Å². The first-order valence-corrected chi connectivity index (χ1v) is 9.75. The molecule has 6 nitrogen and oxygen atoms in total. The third-order valence-corrected chi connectivity index (χ3v) is 6.08. The zero-order chi connectivity index (χ0) is 18.4. The third kappa shape index (κ3) is 2.75. The average Bonchev–Trinajstić information content (AvgIpc) is 3.30. The van der Waals surface area contributed by atoms with Gasteiger partial charge >= 0.3 is 0 Å². The van der Waals surface area contributed by atoms with Crippen molar-refractivity contribution in [2.75, 3.05) is 13.1 Å². The molecule has 3 heterocycles. The Morgan fingerprint density at radius 2 is 2.00 bits per heavy atom. The number of carbonyl (C=O) groups excluding carboxylic acids is 1. The van der Waals surface area contributed by atoms with E-state index in [2.05, 4.69) is 16.6 Å². The first-order valence-electron chi connectivity index (χ1n) is 9.75. The van der Waals surface area contributed by atoms with Crippen LogP contribution in [0.15, 0.2) is 4.52 Å². The number of amides is 1. The van der Waals surface area contributed by atoms with E-state index in [1.165, 1.54) is 24.2 Å². The van der Waals surface area contributed by atoms with Crippen LogP contribution in [0.5, 0.6) is 0 Å². The molecular formula is C20H28N4O2. The number of rotatable bonds is 3. The van der Waals surface area contributed by atoms with Crippen LogP contribution in [0.1, 0.15) is 72.4 Å². The fourth-order valence-corrected chi connectivity index (χ4v) is 4.84. The molecule has 2 atom stereocenters. The van der Waals surface area contributed by atoms with E-state index < -0.39 is 0 Å². The lowest BCUT2D eigenvalue weighted by molar-refractivity contribution is -0.131. The maximum Gasteiger partial charge on any atom is 0.230 e. The molecule has 1 aliphatic carbocycles. The van der Waals surface area contributed by atoms with E-state index >= 15 is 0 Å². The minimum atomic E-state index is -0.210. The molecule has 0 bridgehead atoms. The van der Waals surface area contributed by atoms with Gasteiger partial charge in [0.25, 0.3) is 0 Å². The van der Waals surface area contributed by atoms with Crippen molar-refractivity contribution < 1.29 is 9.32 Å². The highest BCUT2D eigenvalue weighted by Gasteiger charge is 2.34. The molecule has 2 aromatic heterocycles. The molecule has 2 aliphatic rings. The second-order valence-corrected chi connectivity index (χ2v) is 7.82. The fourth-order valence-electron chi connectivity index (χ4n) is 4.84. The van der Waals surface area contributed by atoms with Gasteiger partial charge in [0.1, 0.15) is 11.6 Å². The fraction of sp³-hybridized carbons (Fsp3) is 0.650. The lowest BCUT2D eigenvalue weighted by Crippen LogP contribution is -2.33. The van der Waals surface area contributed by atoms with Crippen molar-refractivity contribution >= 4 is 5.91 Å². The van der Waals surface area contributed by atoms with Crippen LogP contribution in [0.4, 0.5) is 0 Å². The van der Waals surface area contributed by atoms with E-state index in [4.69, 9.17) is 9.51 Å². The van der Waals surface area contributed by atoms with E-state index in [0.717, 1.165) is 55.2 Å². The molecule has 4 rings (SSSR count). The van der Waals surface area contributed by atoms with Gasteiger partial charge in [0.15, 0.2) is 0 Å². The van der Waals surface area contributed by atoms with E-state index in [-0.39, 0.29) is 11.8 Å². The molecule has 6 heteroatoms. The Hall–Kier alpha value is -2.11. The van der Waals surface area contributed by atoms with Gasteiger partial charge in [0.05, 0.1) is 23.3 Å². The standard InChI is InChI=1S/C20H28N4O2/c1-12(19-13(2)22-26-14(19)3)20(25)23-10-9-16(11-23)24-15(4)21-17-7-5-6-8-18(17)24/h12,16H,5-11H2,1-4H3/t12-,16-/m1/s1. The maximum absolute atomic E-state index is 13.1. The van der Waals surface area contributed by atoms with Crippen molar-refractivity contribution in [2.24, 2.45) is 0 Å². The summed E-state index contributed by atoms with van der Waals surface area (Å²) >= 11 is 0. The summed E-state index contributed by atoms with van der Waals surface area (Å²) < 4.78 is 7.67. The van der Waals surface area contributed by atoms with Crippen molar-refractivity contribution in [3.8, 4) is 0 Å². The molecule has 1 saturated heterocycles. The largest absolute Gasteiger partial charge is 0.361 e. The highest BCUT2D eigenvalue weighted by atomic mass is 16.5. The first kappa shape index (κ1) is 17.3. The monoisotopic (exact) mass is 356 g/mol. The summed E-state index contributed by atoms with van der Waals surface area (Å²) in [6.45, 7) is 9.44. The number of nitrogens with zero attached hydrogens (tertiary/aromatic N) is 4. The predicted molar refractivity (Wildman–Crippen MR) is 98.2 cm³/mol. The maximum atomic E-state index is 13.1. The number of aromatic nitrogens is 3. The summed E-state index contributed by atoms with van der Waals surface area (Å²) in [5, 5.41) is 4.00. The van der Waals surface area contributed by atoms with Gasteiger partial charge in [-0.1, -0.05) is 5.16 Å². The number of hydrogen-bond donors (Lipinski definition) is 0. The Morgan fingerprint density at radius 1 is 1.23 bits per heavy atom. The number of hydrogen-bond acceptors (Lipinski definition) is 4. The van der Waals surface area contributed by atoms with Gasteiger partial charge in [-0.3, -0.25) is 4.79 Å². The predicted octanol–water partition coefficient (Wildman–Crippen LogP) is 3.25. The van der Waals surface area contributed by atoms with E-state index in [1.807, 2.05) is 25.7 Å². The summed E-state index contributed by atoms with van der Waals surface area (Å²) in [6, 6.07) is 0.352. The average molecular weight is 356 g/mol. The highest BCUT2D eigenvalue weighted by Crippen LogP contribution is 2.32. The van der Waals surface area contributed by atoms with E-state index in [0.29, 0.717) is 6.04 Å². The summed E-state index contributed by atoms with van der Waals surface area (Å²) in [5.41, 5.74) is 4.45. The number of aryl methyl sites for hydroxylation is 4. The first-order chi connectivity index (χ1) is 12.5. The molecule has 1 fully saturated rings. The molecular weight excluding hydrogens is 328 g/mol. The molecule has 0 N–H and O–H groups in total. The number of fused-ring (bicyclic) bond motifs is 1. The zero-order valence-corrected chi connectivity index (χ0v) is 16.2. The molecule has 2 aromatic rings. The number of likely N-dealkylation sites (tertiary alicyclic amines) is 1. The molecule has 1 aliphatic heterocycles. The third-order valence-electron chi connectivity index (χ3n) is 6.08. The second-order valence-electron chi connectivity index (χ2n) is 7.82. The molecule has 0 unspecified atom stereocenters. The van der Waals surface area contributed by atoms with Gasteiger partial charge < -0.3 is 14.0 Å². The highest BCUT2D eigenvalue weighted by molar-refractivity contribution is 5.84. The van der Waals surface area contributed by atoms with Crippen LogP contribution in [0.2, 0.25) is 0 Å². The van der Waals surface area contributed by atoms with Crippen LogP contribution >= 0.6 is 0 Å².